The molecule has 1 aromatic carbocycles. The van der Waals surface area contributed by atoms with E-state index in [-0.39, 0.29) is 11.5 Å². The average molecular weight is 522 g/mol. The van der Waals surface area contributed by atoms with Gasteiger partial charge in [-0.3, -0.25) is 9.47 Å². The normalized spacial score (nSPS) is 22.4. The highest BCUT2D eigenvalue weighted by Crippen LogP contribution is 2.32. The van der Waals surface area contributed by atoms with Gasteiger partial charge in [-0.15, -0.1) is 0 Å². The van der Waals surface area contributed by atoms with E-state index >= 15 is 0 Å². The minimum absolute atomic E-state index is 0.0984. The van der Waals surface area contributed by atoms with Gasteiger partial charge < -0.3 is 19.9 Å². The summed E-state index contributed by atoms with van der Waals surface area (Å²) in [5.41, 5.74) is 4.67. The van der Waals surface area contributed by atoms with Crippen LogP contribution in [-0.2, 0) is 16.6 Å². The summed E-state index contributed by atoms with van der Waals surface area (Å²) in [7, 11) is 0. The Labute approximate surface area is 223 Å². The highest BCUT2D eigenvalue weighted by Gasteiger charge is 2.44. The summed E-state index contributed by atoms with van der Waals surface area (Å²) >= 11 is 0. The van der Waals surface area contributed by atoms with Gasteiger partial charge in [0.2, 0.25) is 0 Å². The van der Waals surface area contributed by atoms with Crippen molar-refractivity contribution in [2.24, 2.45) is 0 Å². The zero-order chi connectivity index (χ0) is 27.0. The molecule has 0 spiro atoms. The number of fused-ring (bicyclic) bond motifs is 2. The molecule has 0 aliphatic carbocycles. The zero-order valence-electron chi connectivity index (χ0n) is 22.9. The van der Waals surface area contributed by atoms with Crippen LogP contribution in [0.1, 0.15) is 65.1 Å². The Hall–Kier alpha value is -2.92. The fourth-order valence-electron chi connectivity index (χ4n) is 5.12. The van der Waals surface area contributed by atoms with Gasteiger partial charge in [-0.1, -0.05) is 26.8 Å². The lowest BCUT2D eigenvalue weighted by Crippen LogP contribution is -2.43. The Kier molecular flexibility index (Phi) is 7.50. The number of H-pyrrole nitrogens is 1. The lowest BCUT2D eigenvalue weighted by molar-refractivity contribution is -0.0469. The maximum atomic E-state index is 10.8. The third-order valence-corrected chi connectivity index (χ3v) is 7.50. The van der Waals surface area contributed by atoms with Crippen LogP contribution in [0.2, 0.25) is 0 Å². The van der Waals surface area contributed by atoms with Gasteiger partial charge in [-0.05, 0) is 56.3 Å². The van der Waals surface area contributed by atoms with Crippen LogP contribution in [0, 0.1) is 0 Å². The molecular formula is C28H39N7O3. The summed E-state index contributed by atoms with van der Waals surface area (Å²) in [6.45, 7) is 12.3. The first-order chi connectivity index (χ1) is 18.1. The molecule has 0 saturated carbocycles. The molecule has 4 atom stereocenters. The summed E-state index contributed by atoms with van der Waals surface area (Å²) in [4.78, 5) is 23.1. The second kappa shape index (κ2) is 10.7. The van der Waals surface area contributed by atoms with E-state index in [0.717, 1.165) is 42.7 Å². The molecule has 0 radical (unpaired) electrons. The summed E-state index contributed by atoms with van der Waals surface area (Å²) in [6.07, 6.45) is 4.13. The van der Waals surface area contributed by atoms with Gasteiger partial charge in [0.15, 0.2) is 11.9 Å². The monoisotopic (exact) mass is 521 g/mol. The zero-order valence-corrected chi connectivity index (χ0v) is 22.9. The van der Waals surface area contributed by atoms with Gasteiger partial charge in [0.1, 0.15) is 36.0 Å². The van der Waals surface area contributed by atoms with Crippen molar-refractivity contribution in [2.45, 2.75) is 89.9 Å². The van der Waals surface area contributed by atoms with Crippen LogP contribution in [0.25, 0.3) is 22.2 Å². The number of imidazole rings is 2. The molecule has 4 aromatic rings. The van der Waals surface area contributed by atoms with Crippen molar-refractivity contribution < 1.29 is 14.9 Å². The average Bonchev–Trinajstić information content (AvgIpc) is 3.56. The molecule has 1 saturated heterocycles. The minimum atomic E-state index is -1.08. The predicted molar refractivity (Wildman–Crippen MR) is 146 cm³/mol. The number of aromatic amines is 1. The molecule has 10 heteroatoms. The molecule has 1 fully saturated rings. The highest BCUT2D eigenvalue weighted by molar-refractivity contribution is 5.76. The quantitative estimate of drug-likeness (QED) is 0.286. The van der Waals surface area contributed by atoms with Crippen LogP contribution >= 0.6 is 0 Å². The largest absolute Gasteiger partial charge is 0.387 e. The number of rotatable bonds is 9. The number of hydrogen-bond acceptors (Lipinski definition) is 8. The molecule has 10 nitrogen and oxygen atoms in total. The van der Waals surface area contributed by atoms with E-state index in [1.807, 2.05) is 0 Å². The van der Waals surface area contributed by atoms with Gasteiger partial charge >= 0.3 is 0 Å². The van der Waals surface area contributed by atoms with Crippen molar-refractivity contribution in [3.8, 4) is 0 Å². The molecule has 0 bridgehead atoms. The molecule has 5 rings (SSSR count). The van der Waals surface area contributed by atoms with Crippen molar-refractivity contribution in [2.75, 3.05) is 13.1 Å². The molecule has 4 heterocycles. The number of nitrogens with zero attached hydrogens (tertiary/aromatic N) is 6. The first-order valence-corrected chi connectivity index (χ1v) is 13.5. The Balaban J connectivity index is 1.17. The maximum Gasteiger partial charge on any atom is 0.165 e. The van der Waals surface area contributed by atoms with E-state index in [0.29, 0.717) is 17.7 Å². The third-order valence-electron chi connectivity index (χ3n) is 7.50. The molecule has 1 aliphatic rings. The van der Waals surface area contributed by atoms with Gasteiger partial charge in [-0.25, -0.2) is 19.9 Å². The molecular weight excluding hydrogens is 482 g/mol. The Morgan fingerprint density at radius 1 is 1.11 bits per heavy atom. The first kappa shape index (κ1) is 26.7. The number of aryl methyl sites for hydroxylation is 1. The van der Waals surface area contributed by atoms with Crippen molar-refractivity contribution in [3.63, 3.8) is 0 Å². The van der Waals surface area contributed by atoms with Crippen LogP contribution in [-0.4, -0.2) is 82.0 Å². The second-order valence-electron chi connectivity index (χ2n) is 11.6. The molecule has 3 aromatic heterocycles. The SMILES string of the molecule is CC(C)N(CCCCc1nc2cc(C(C)(C)C)ccc2[nH]1)C[C@H]1O[C@@H](n2cnc3cncnc32)[C@H](O)[C@@H]1O. The fourth-order valence-corrected chi connectivity index (χ4v) is 5.12. The summed E-state index contributed by atoms with van der Waals surface area (Å²) < 4.78 is 7.84. The Morgan fingerprint density at radius 3 is 2.68 bits per heavy atom. The number of unbranched alkanes of at least 4 members (excludes halogenated alkanes) is 1. The van der Waals surface area contributed by atoms with E-state index in [1.54, 1.807) is 17.1 Å². The van der Waals surface area contributed by atoms with Crippen LogP contribution < -0.4 is 0 Å². The van der Waals surface area contributed by atoms with Gasteiger partial charge in [0.05, 0.1) is 23.6 Å². The second-order valence-corrected chi connectivity index (χ2v) is 11.6. The number of aromatic nitrogens is 6. The molecule has 38 heavy (non-hydrogen) atoms. The van der Waals surface area contributed by atoms with Crippen LogP contribution in [0.15, 0.2) is 37.1 Å². The lowest BCUT2D eigenvalue weighted by atomic mass is 9.87. The molecule has 0 unspecified atom stereocenters. The molecule has 204 valence electrons. The first-order valence-electron chi connectivity index (χ1n) is 13.5. The smallest absolute Gasteiger partial charge is 0.165 e. The number of benzene rings is 1. The van der Waals surface area contributed by atoms with E-state index in [9.17, 15) is 10.2 Å². The van der Waals surface area contributed by atoms with Crippen LogP contribution in [0.4, 0.5) is 0 Å². The number of ether oxygens (including phenoxy) is 1. The van der Waals surface area contributed by atoms with Crippen LogP contribution in [0.5, 0.6) is 0 Å². The van der Waals surface area contributed by atoms with E-state index in [4.69, 9.17) is 9.72 Å². The maximum absolute atomic E-state index is 10.8. The topological polar surface area (TPSA) is 125 Å². The summed E-state index contributed by atoms with van der Waals surface area (Å²) in [5.74, 6) is 1.01. The highest BCUT2D eigenvalue weighted by atomic mass is 16.6. The standard InChI is InChI=1S/C28H39N7O3/c1-17(2)34(11-7-6-8-23-32-19-10-9-18(28(3,4)5)12-20(19)33-23)14-22-24(36)25(37)27(38-22)35-16-31-21-13-29-15-30-26(21)35/h9-10,12-13,15-17,22,24-25,27,36-37H,6-8,11,14H2,1-5H3,(H,32,33)/t22-,24-,25-,27-/m1/s1. The third kappa shape index (κ3) is 5.44. The van der Waals surface area contributed by atoms with Gasteiger partial charge in [0.25, 0.3) is 0 Å². The number of aliphatic hydroxyl groups excluding tert-OH is 2. The summed E-state index contributed by atoms with van der Waals surface area (Å²) in [5, 5.41) is 21.6. The van der Waals surface area contributed by atoms with Crippen molar-refractivity contribution in [3.05, 3.63) is 48.4 Å². The Morgan fingerprint density at radius 2 is 1.92 bits per heavy atom. The molecule has 0 amide bonds. The van der Waals surface area contributed by atoms with E-state index in [1.165, 1.54) is 11.9 Å². The number of nitrogens with one attached hydrogen (secondary N) is 1. The minimum Gasteiger partial charge on any atom is -0.387 e. The number of hydrogen-bond donors (Lipinski definition) is 3. The van der Waals surface area contributed by atoms with E-state index in [2.05, 4.69) is 77.7 Å². The fraction of sp³-hybridized carbons (Fsp3) is 0.571. The van der Waals surface area contributed by atoms with Crippen molar-refractivity contribution in [1.29, 1.82) is 0 Å². The van der Waals surface area contributed by atoms with Crippen molar-refractivity contribution in [1.82, 2.24) is 34.4 Å². The summed E-state index contributed by atoms with van der Waals surface area (Å²) in [6, 6.07) is 6.76. The predicted octanol–water partition coefficient (Wildman–Crippen LogP) is 3.35. The molecule has 1 aliphatic heterocycles. The van der Waals surface area contributed by atoms with Gasteiger partial charge in [0, 0.05) is 19.0 Å². The lowest BCUT2D eigenvalue weighted by Gasteiger charge is -2.30. The van der Waals surface area contributed by atoms with Crippen molar-refractivity contribution >= 4 is 22.2 Å². The number of aliphatic hydroxyl groups is 2. The van der Waals surface area contributed by atoms with Crippen LogP contribution in [0.3, 0.4) is 0 Å². The Bertz CT molecular complexity index is 1380. The van der Waals surface area contributed by atoms with E-state index < -0.39 is 24.5 Å². The van der Waals surface area contributed by atoms with Gasteiger partial charge in [-0.2, -0.15) is 0 Å². The molecule has 3 N–H and O–H groups in total.